The molecule has 5 nitrogen and oxygen atoms in total. The Morgan fingerprint density at radius 3 is 2.06 bits per heavy atom. The average Bonchev–Trinajstić information content (AvgIpc) is 2.81. The molecule has 0 saturated carbocycles. The van der Waals surface area contributed by atoms with E-state index in [2.05, 4.69) is 23.9 Å². The smallest absolute Gasteiger partial charge is 0.241 e. The van der Waals surface area contributed by atoms with E-state index in [4.69, 9.17) is 0 Å². The predicted molar refractivity (Wildman–Crippen MR) is 68.8 cm³/mol. The fourth-order valence-electron chi connectivity index (χ4n) is 1.21. The van der Waals surface area contributed by atoms with Gasteiger partial charge in [0.1, 0.15) is 0 Å². The molecule has 1 saturated heterocycles. The molecular formula is C12H26N2O3. The fourth-order valence-corrected chi connectivity index (χ4v) is 1.21. The largest absolute Gasteiger partial charge is 0.388 e. The molecule has 0 aromatic heterocycles. The Labute approximate surface area is 105 Å². The number of likely N-dealkylation sites (tertiary alicyclic amines) is 1. The third-order valence-corrected chi connectivity index (χ3v) is 1.80. The van der Waals surface area contributed by atoms with Crippen LogP contribution in [0.2, 0.25) is 0 Å². The van der Waals surface area contributed by atoms with Crippen LogP contribution in [0.25, 0.3) is 0 Å². The van der Waals surface area contributed by atoms with Gasteiger partial charge in [-0.2, -0.15) is 0 Å². The molecule has 17 heavy (non-hydrogen) atoms. The van der Waals surface area contributed by atoms with Crippen molar-refractivity contribution in [3.8, 4) is 0 Å². The molecule has 1 N–H and O–H groups in total. The van der Waals surface area contributed by atoms with Crippen molar-refractivity contribution in [3.63, 3.8) is 0 Å². The van der Waals surface area contributed by atoms with Gasteiger partial charge in [0.15, 0.2) is 0 Å². The first-order valence-corrected chi connectivity index (χ1v) is 6.02. The summed E-state index contributed by atoms with van der Waals surface area (Å²) in [6.07, 6.45) is 3.98. The molecular weight excluding hydrogens is 220 g/mol. The number of rotatable bonds is 3. The molecule has 5 heteroatoms. The van der Waals surface area contributed by atoms with E-state index in [0.717, 1.165) is 25.9 Å². The van der Waals surface area contributed by atoms with E-state index in [-0.39, 0.29) is 12.5 Å². The number of nitrogens with zero attached hydrogens (tertiary/aromatic N) is 1. The summed E-state index contributed by atoms with van der Waals surface area (Å²) in [5, 5.41) is 2.35. The van der Waals surface area contributed by atoms with Gasteiger partial charge in [-0.25, -0.2) is 0 Å². The molecule has 1 heterocycles. The molecule has 1 fully saturated rings. The Morgan fingerprint density at radius 2 is 1.71 bits per heavy atom. The van der Waals surface area contributed by atoms with Crippen molar-refractivity contribution in [2.75, 3.05) is 33.9 Å². The van der Waals surface area contributed by atoms with Crippen LogP contribution in [-0.4, -0.2) is 51.1 Å². The Morgan fingerprint density at radius 1 is 1.29 bits per heavy atom. The normalized spacial score (nSPS) is 12.8. The molecule has 0 radical (unpaired) electrons. The third kappa shape index (κ3) is 12.8. The summed E-state index contributed by atoms with van der Waals surface area (Å²) < 4.78 is 4.25. The van der Waals surface area contributed by atoms with Crippen LogP contribution in [0, 0.1) is 0 Å². The van der Waals surface area contributed by atoms with E-state index in [9.17, 15) is 9.59 Å². The lowest BCUT2D eigenvalue weighted by atomic mass is 10.4. The molecule has 0 aromatic rings. The minimum absolute atomic E-state index is 0.0228. The standard InChI is InChI=1S/C7H12N2O2.C3H8.C2H6O/c10-6-8-5-7(11)9-3-1-2-4-9;2*1-3-2/h6H,1-5H2,(H,8,10);3H2,1-2H3;1-2H3. The van der Waals surface area contributed by atoms with Gasteiger partial charge in [-0.05, 0) is 12.8 Å². The summed E-state index contributed by atoms with van der Waals surface area (Å²) in [4.78, 5) is 22.7. The number of amides is 2. The second-order valence-corrected chi connectivity index (χ2v) is 3.70. The Kier molecular flexibility index (Phi) is 16.0. The summed E-state index contributed by atoms with van der Waals surface area (Å²) in [5.41, 5.74) is 0. The molecule has 0 aliphatic carbocycles. The molecule has 1 aliphatic rings. The lowest BCUT2D eigenvalue weighted by Gasteiger charge is -2.13. The van der Waals surface area contributed by atoms with Crippen molar-refractivity contribution >= 4 is 12.3 Å². The van der Waals surface area contributed by atoms with Gasteiger partial charge in [-0.3, -0.25) is 9.59 Å². The van der Waals surface area contributed by atoms with Gasteiger partial charge in [-0.1, -0.05) is 20.3 Å². The molecule has 0 bridgehead atoms. The molecule has 102 valence electrons. The van der Waals surface area contributed by atoms with E-state index in [0.29, 0.717) is 6.41 Å². The summed E-state index contributed by atoms with van der Waals surface area (Å²) in [5.74, 6) is 0.0228. The Bertz CT molecular complexity index is 179. The lowest BCUT2D eigenvalue weighted by Crippen LogP contribution is -2.35. The topological polar surface area (TPSA) is 58.6 Å². The van der Waals surface area contributed by atoms with Crippen LogP contribution in [0.15, 0.2) is 0 Å². The van der Waals surface area contributed by atoms with E-state index in [1.54, 1.807) is 19.1 Å². The summed E-state index contributed by atoms with van der Waals surface area (Å²) in [7, 11) is 3.25. The van der Waals surface area contributed by atoms with Gasteiger partial charge >= 0.3 is 0 Å². The SMILES string of the molecule is CCC.COC.O=CNCC(=O)N1CCCC1. The van der Waals surface area contributed by atoms with Crippen molar-refractivity contribution < 1.29 is 14.3 Å². The predicted octanol–water partition coefficient (Wildman–Crippen LogP) is 1.03. The quantitative estimate of drug-likeness (QED) is 0.757. The monoisotopic (exact) mass is 246 g/mol. The molecule has 0 unspecified atom stereocenters. The minimum atomic E-state index is 0.0228. The van der Waals surface area contributed by atoms with Crippen LogP contribution in [0.3, 0.4) is 0 Å². The lowest BCUT2D eigenvalue weighted by molar-refractivity contribution is -0.130. The average molecular weight is 246 g/mol. The third-order valence-electron chi connectivity index (χ3n) is 1.80. The van der Waals surface area contributed by atoms with Crippen LogP contribution in [-0.2, 0) is 14.3 Å². The summed E-state index contributed by atoms with van der Waals surface area (Å²) in [6.45, 7) is 6.09. The Balaban J connectivity index is 0. The van der Waals surface area contributed by atoms with Gasteiger partial charge < -0.3 is 15.0 Å². The number of hydrogen-bond donors (Lipinski definition) is 1. The van der Waals surface area contributed by atoms with Crippen LogP contribution in [0.4, 0.5) is 0 Å². The molecule has 1 rings (SSSR count). The maximum Gasteiger partial charge on any atom is 0.241 e. The minimum Gasteiger partial charge on any atom is -0.388 e. The highest BCUT2D eigenvalue weighted by atomic mass is 16.4. The zero-order valence-corrected chi connectivity index (χ0v) is 11.5. The molecule has 0 spiro atoms. The number of methoxy groups -OCH3 is 1. The number of carbonyl (C=O) groups is 2. The second-order valence-electron chi connectivity index (χ2n) is 3.70. The maximum atomic E-state index is 11.1. The molecule has 0 aromatic carbocycles. The van der Waals surface area contributed by atoms with E-state index >= 15 is 0 Å². The molecule has 1 aliphatic heterocycles. The van der Waals surface area contributed by atoms with Crippen molar-refractivity contribution in [3.05, 3.63) is 0 Å². The van der Waals surface area contributed by atoms with E-state index < -0.39 is 0 Å². The van der Waals surface area contributed by atoms with Crippen LogP contribution >= 0.6 is 0 Å². The van der Waals surface area contributed by atoms with Gasteiger partial charge in [0.25, 0.3) is 0 Å². The van der Waals surface area contributed by atoms with Gasteiger partial charge in [0.05, 0.1) is 6.54 Å². The Hall–Kier alpha value is -1.10. The summed E-state index contributed by atoms with van der Waals surface area (Å²) >= 11 is 0. The zero-order valence-electron chi connectivity index (χ0n) is 11.5. The van der Waals surface area contributed by atoms with E-state index in [1.807, 2.05) is 0 Å². The molecule has 0 atom stereocenters. The van der Waals surface area contributed by atoms with Crippen LogP contribution < -0.4 is 5.32 Å². The number of nitrogens with one attached hydrogen (secondary N) is 1. The first-order valence-electron chi connectivity index (χ1n) is 6.02. The highest BCUT2D eigenvalue weighted by Crippen LogP contribution is 2.06. The maximum absolute atomic E-state index is 11.1. The number of hydrogen-bond acceptors (Lipinski definition) is 3. The van der Waals surface area contributed by atoms with E-state index in [1.165, 1.54) is 6.42 Å². The van der Waals surface area contributed by atoms with Crippen LogP contribution in [0.5, 0.6) is 0 Å². The fraction of sp³-hybridized carbons (Fsp3) is 0.833. The zero-order chi connectivity index (χ0) is 13.5. The number of ether oxygens (including phenoxy) is 1. The summed E-state index contributed by atoms with van der Waals surface area (Å²) in [6, 6.07) is 0. The molecule has 2 amide bonds. The van der Waals surface area contributed by atoms with Crippen molar-refractivity contribution in [1.82, 2.24) is 10.2 Å². The van der Waals surface area contributed by atoms with Gasteiger partial charge in [-0.15, -0.1) is 0 Å². The first kappa shape index (κ1) is 18.3. The highest BCUT2D eigenvalue weighted by molar-refractivity contribution is 5.80. The van der Waals surface area contributed by atoms with Crippen LogP contribution in [0.1, 0.15) is 33.1 Å². The number of carbonyl (C=O) groups excluding carboxylic acids is 2. The highest BCUT2D eigenvalue weighted by Gasteiger charge is 2.16. The van der Waals surface area contributed by atoms with Gasteiger partial charge in [0, 0.05) is 27.3 Å². The van der Waals surface area contributed by atoms with Crippen molar-refractivity contribution in [1.29, 1.82) is 0 Å². The van der Waals surface area contributed by atoms with Crippen molar-refractivity contribution in [2.24, 2.45) is 0 Å². The first-order chi connectivity index (χ1) is 8.17. The van der Waals surface area contributed by atoms with Gasteiger partial charge in [0.2, 0.25) is 12.3 Å². The van der Waals surface area contributed by atoms with Crippen molar-refractivity contribution in [2.45, 2.75) is 33.1 Å². The second kappa shape index (κ2) is 14.9.